The molecule has 1 amide bonds. The summed E-state index contributed by atoms with van der Waals surface area (Å²) in [6.07, 6.45) is 0. The van der Waals surface area contributed by atoms with Gasteiger partial charge in [0.2, 0.25) is 5.91 Å². The number of halogens is 1. The summed E-state index contributed by atoms with van der Waals surface area (Å²) in [6, 6.07) is 7.29. The summed E-state index contributed by atoms with van der Waals surface area (Å²) in [5.74, 6) is 0.132. The minimum absolute atomic E-state index is 0. The fourth-order valence-corrected chi connectivity index (χ4v) is 2.52. The average Bonchev–Trinajstić information content (AvgIpc) is 2.36. The van der Waals surface area contributed by atoms with Gasteiger partial charge in [-0.1, -0.05) is 19.1 Å². The molecule has 3 N–H and O–H groups in total. The lowest BCUT2D eigenvalue weighted by Gasteiger charge is -2.18. The number of nitrogens with one attached hydrogen (secondary N) is 1. The van der Waals surface area contributed by atoms with Gasteiger partial charge in [-0.15, -0.1) is 12.4 Å². The Labute approximate surface area is 142 Å². The molecule has 0 spiro atoms. The van der Waals surface area contributed by atoms with Gasteiger partial charge in [-0.3, -0.25) is 9.00 Å². The molecule has 6 heteroatoms. The quantitative estimate of drug-likeness (QED) is 0.860. The van der Waals surface area contributed by atoms with Gasteiger partial charge in [-0.25, -0.2) is 0 Å². The molecule has 0 aromatic heterocycles. The molecule has 3 atom stereocenters. The predicted octanol–water partition coefficient (Wildman–Crippen LogP) is 3.08. The number of anilines is 1. The molecule has 0 saturated heterocycles. The third-order valence-electron chi connectivity index (χ3n) is 3.38. The number of nitrogens with two attached hydrogens (primary N) is 1. The maximum absolute atomic E-state index is 12.2. The predicted molar refractivity (Wildman–Crippen MR) is 96.7 cm³/mol. The lowest BCUT2D eigenvalue weighted by atomic mass is 10.0. The number of rotatable bonds is 5. The molecule has 0 bridgehead atoms. The van der Waals surface area contributed by atoms with E-state index in [-0.39, 0.29) is 35.0 Å². The number of hydrogen-bond donors (Lipinski definition) is 2. The molecule has 0 aliphatic carbocycles. The Hall–Kier alpha value is -0.910. The zero-order valence-corrected chi connectivity index (χ0v) is 15.5. The van der Waals surface area contributed by atoms with E-state index in [9.17, 15) is 9.00 Å². The number of amides is 1. The normalized spacial score (nSPS) is 15.4. The fraction of sp³-hybridized carbons (Fsp3) is 0.562. The Kier molecular flexibility index (Phi) is 8.29. The third kappa shape index (κ3) is 6.46. The smallest absolute Gasteiger partial charge is 0.228 e. The first-order chi connectivity index (χ1) is 9.61. The van der Waals surface area contributed by atoms with Crippen molar-refractivity contribution in [3.8, 4) is 0 Å². The van der Waals surface area contributed by atoms with Crippen LogP contribution in [0.15, 0.2) is 24.3 Å². The van der Waals surface area contributed by atoms with Crippen LogP contribution in [0, 0.1) is 5.92 Å². The molecule has 126 valence electrons. The number of benzene rings is 1. The monoisotopic (exact) mass is 346 g/mol. The van der Waals surface area contributed by atoms with E-state index in [0.717, 1.165) is 11.3 Å². The van der Waals surface area contributed by atoms with E-state index in [0.29, 0.717) is 5.75 Å². The second kappa shape index (κ2) is 8.65. The molecule has 0 aliphatic heterocycles. The molecular formula is C16H27ClN2O2S. The molecule has 22 heavy (non-hydrogen) atoms. The van der Waals surface area contributed by atoms with Crippen molar-refractivity contribution in [1.82, 2.24) is 0 Å². The van der Waals surface area contributed by atoms with Crippen molar-refractivity contribution < 1.29 is 9.00 Å². The standard InChI is InChI=1S/C16H26N2O2S.ClH/c1-11(12(2)17)15(19)18-14-8-6-7-13(9-14)10-21(20)16(3,4)5;/h6-9,11-12H,10,17H2,1-5H3,(H,18,19);1H. The summed E-state index contributed by atoms with van der Waals surface area (Å²) in [7, 11) is -0.958. The van der Waals surface area contributed by atoms with Crippen LogP contribution >= 0.6 is 12.4 Å². The molecule has 0 radical (unpaired) electrons. The molecule has 0 saturated carbocycles. The van der Waals surface area contributed by atoms with Gasteiger partial charge < -0.3 is 11.1 Å². The van der Waals surface area contributed by atoms with Crippen LogP contribution < -0.4 is 11.1 Å². The van der Waals surface area contributed by atoms with Crippen LogP contribution in [-0.2, 0) is 21.3 Å². The van der Waals surface area contributed by atoms with Crippen LogP contribution in [0.2, 0.25) is 0 Å². The van der Waals surface area contributed by atoms with Crippen molar-refractivity contribution in [1.29, 1.82) is 0 Å². The highest BCUT2D eigenvalue weighted by Crippen LogP contribution is 2.19. The van der Waals surface area contributed by atoms with Crippen molar-refractivity contribution in [2.45, 2.75) is 51.2 Å². The van der Waals surface area contributed by atoms with Crippen molar-refractivity contribution in [2.75, 3.05) is 5.32 Å². The minimum Gasteiger partial charge on any atom is -0.327 e. The largest absolute Gasteiger partial charge is 0.327 e. The second-order valence-electron chi connectivity index (χ2n) is 6.44. The van der Waals surface area contributed by atoms with Gasteiger partial charge in [0.15, 0.2) is 0 Å². The maximum atomic E-state index is 12.2. The van der Waals surface area contributed by atoms with Gasteiger partial charge in [0.25, 0.3) is 0 Å². The Morgan fingerprint density at radius 3 is 2.41 bits per heavy atom. The number of carbonyl (C=O) groups excluding carboxylic acids is 1. The highest BCUT2D eigenvalue weighted by atomic mass is 35.5. The molecule has 3 unspecified atom stereocenters. The first kappa shape index (κ1) is 21.1. The van der Waals surface area contributed by atoms with E-state index in [1.165, 1.54) is 0 Å². The Morgan fingerprint density at radius 2 is 1.91 bits per heavy atom. The average molecular weight is 347 g/mol. The van der Waals surface area contributed by atoms with Gasteiger partial charge in [0.05, 0.1) is 5.92 Å². The van der Waals surface area contributed by atoms with E-state index in [1.807, 2.05) is 52.0 Å². The first-order valence-electron chi connectivity index (χ1n) is 7.15. The van der Waals surface area contributed by atoms with Crippen molar-refractivity contribution in [3.63, 3.8) is 0 Å². The minimum atomic E-state index is -0.958. The third-order valence-corrected chi connectivity index (χ3v) is 5.34. The summed E-state index contributed by atoms with van der Waals surface area (Å²) in [6.45, 7) is 9.49. The fourth-order valence-electron chi connectivity index (χ4n) is 1.60. The summed E-state index contributed by atoms with van der Waals surface area (Å²) in [4.78, 5) is 12.0. The topological polar surface area (TPSA) is 72.2 Å². The molecule has 0 fully saturated rings. The Morgan fingerprint density at radius 1 is 1.32 bits per heavy atom. The van der Waals surface area contributed by atoms with Crippen LogP contribution in [-0.4, -0.2) is 20.9 Å². The number of hydrogen-bond acceptors (Lipinski definition) is 3. The molecule has 1 aromatic rings. The van der Waals surface area contributed by atoms with Crippen LogP contribution in [0.1, 0.15) is 40.2 Å². The van der Waals surface area contributed by atoms with Gasteiger partial charge >= 0.3 is 0 Å². The zero-order chi connectivity index (χ0) is 16.2. The first-order valence-corrected chi connectivity index (χ1v) is 8.47. The molecule has 1 rings (SSSR count). The molecule has 0 heterocycles. The van der Waals surface area contributed by atoms with Crippen molar-refractivity contribution >= 4 is 34.8 Å². The van der Waals surface area contributed by atoms with Crippen molar-refractivity contribution in [3.05, 3.63) is 29.8 Å². The number of carbonyl (C=O) groups is 1. The Bertz CT molecular complexity index is 527. The molecule has 1 aromatic carbocycles. The summed E-state index contributed by atoms with van der Waals surface area (Å²) < 4.78 is 11.9. The highest BCUT2D eigenvalue weighted by molar-refractivity contribution is 7.85. The van der Waals surface area contributed by atoms with Crippen molar-refractivity contribution in [2.24, 2.45) is 11.7 Å². The van der Waals surface area contributed by atoms with E-state index in [4.69, 9.17) is 5.73 Å². The van der Waals surface area contributed by atoms with Crippen LogP contribution in [0.4, 0.5) is 5.69 Å². The van der Waals surface area contributed by atoms with E-state index in [1.54, 1.807) is 6.92 Å². The lowest BCUT2D eigenvalue weighted by molar-refractivity contribution is -0.119. The Balaban J connectivity index is 0.00000441. The second-order valence-corrected chi connectivity index (χ2v) is 8.64. The summed E-state index contributed by atoms with van der Waals surface area (Å²) in [5, 5.41) is 2.86. The summed E-state index contributed by atoms with van der Waals surface area (Å²) in [5.41, 5.74) is 7.40. The van der Waals surface area contributed by atoms with Crippen LogP contribution in [0.25, 0.3) is 0 Å². The highest BCUT2D eigenvalue weighted by Gasteiger charge is 2.20. The van der Waals surface area contributed by atoms with E-state index < -0.39 is 10.8 Å². The van der Waals surface area contributed by atoms with E-state index >= 15 is 0 Å². The van der Waals surface area contributed by atoms with Gasteiger partial charge in [0, 0.05) is 33.0 Å². The SMILES string of the molecule is CC(N)C(C)C(=O)Nc1cccc(CS(=O)C(C)(C)C)c1.Cl. The van der Waals surface area contributed by atoms with Gasteiger partial charge in [-0.2, -0.15) is 0 Å². The van der Waals surface area contributed by atoms with Crippen LogP contribution in [0.5, 0.6) is 0 Å². The maximum Gasteiger partial charge on any atom is 0.228 e. The lowest BCUT2D eigenvalue weighted by Crippen LogP contribution is -2.34. The zero-order valence-electron chi connectivity index (χ0n) is 13.9. The van der Waals surface area contributed by atoms with E-state index in [2.05, 4.69) is 5.32 Å². The summed E-state index contributed by atoms with van der Waals surface area (Å²) >= 11 is 0. The van der Waals surface area contributed by atoms with Crippen LogP contribution in [0.3, 0.4) is 0 Å². The molecular weight excluding hydrogens is 320 g/mol. The molecule has 4 nitrogen and oxygen atoms in total. The van der Waals surface area contributed by atoms with Gasteiger partial charge in [0.1, 0.15) is 0 Å². The molecule has 0 aliphatic rings. The van der Waals surface area contributed by atoms with Gasteiger partial charge in [-0.05, 0) is 45.4 Å².